The van der Waals surface area contributed by atoms with Crippen molar-refractivity contribution in [2.24, 2.45) is 0 Å². The standard InChI is InChI=1S/C20H16ClNO6/c1-11(19(24)22-13-4-6-14(26-2)7-5-13)27-20(25)18-10-16(23)15-9-12(21)3-8-17(15)28-18/h3-11H,1-2H3,(H,22,24)/t11-/m0/s1. The maximum absolute atomic E-state index is 12.3. The van der Waals surface area contributed by atoms with E-state index in [1.165, 1.54) is 32.2 Å². The van der Waals surface area contributed by atoms with Gasteiger partial charge in [0.1, 0.15) is 11.3 Å². The lowest BCUT2D eigenvalue weighted by Crippen LogP contribution is -2.30. The molecular weight excluding hydrogens is 386 g/mol. The number of halogens is 1. The summed E-state index contributed by atoms with van der Waals surface area (Å²) in [5.41, 5.74) is 0.271. The summed E-state index contributed by atoms with van der Waals surface area (Å²) in [6.45, 7) is 1.41. The van der Waals surface area contributed by atoms with Gasteiger partial charge in [-0.05, 0) is 49.4 Å². The summed E-state index contributed by atoms with van der Waals surface area (Å²) in [4.78, 5) is 36.7. The highest BCUT2D eigenvalue weighted by atomic mass is 35.5. The Kier molecular flexibility index (Phi) is 5.65. The van der Waals surface area contributed by atoms with E-state index < -0.39 is 23.4 Å². The molecule has 0 unspecified atom stereocenters. The van der Waals surface area contributed by atoms with E-state index >= 15 is 0 Å². The van der Waals surface area contributed by atoms with Gasteiger partial charge in [-0.15, -0.1) is 0 Å². The van der Waals surface area contributed by atoms with E-state index in [1.807, 2.05) is 0 Å². The molecule has 2 aromatic carbocycles. The number of hydrogen-bond donors (Lipinski definition) is 1. The predicted molar refractivity (Wildman–Crippen MR) is 104 cm³/mol. The SMILES string of the molecule is COc1ccc(NC(=O)[C@H](C)OC(=O)c2cc(=O)c3cc(Cl)ccc3o2)cc1. The number of fused-ring (bicyclic) bond motifs is 1. The molecule has 28 heavy (non-hydrogen) atoms. The number of rotatable bonds is 5. The van der Waals surface area contributed by atoms with Crippen molar-refractivity contribution in [2.45, 2.75) is 13.0 Å². The zero-order valence-electron chi connectivity index (χ0n) is 15.0. The van der Waals surface area contributed by atoms with Crippen LogP contribution in [0.4, 0.5) is 5.69 Å². The smallest absolute Gasteiger partial charge is 0.375 e. The quantitative estimate of drug-likeness (QED) is 0.656. The average molecular weight is 402 g/mol. The van der Waals surface area contributed by atoms with Gasteiger partial charge in [-0.1, -0.05) is 11.6 Å². The van der Waals surface area contributed by atoms with Crippen LogP contribution < -0.4 is 15.5 Å². The maximum atomic E-state index is 12.3. The monoisotopic (exact) mass is 401 g/mol. The summed E-state index contributed by atoms with van der Waals surface area (Å²) in [5.74, 6) is -1.12. The van der Waals surface area contributed by atoms with E-state index in [-0.39, 0.29) is 16.7 Å². The van der Waals surface area contributed by atoms with Crippen LogP contribution in [0, 0.1) is 0 Å². The number of hydrogen-bond acceptors (Lipinski definition) is 6. The molecule has 0 saturated carbocycles. The number of amides is 1. The van der Waals surface area contributed by atoms with Crippen molar-refractivity contribution < 1.29 is 23.5 Å². The number of methoxy groups -OCH3 is 1. The first-order valence-electron chi connectivity index (χ1n) is 8.26. The van der Waals surface area contributed by atoms with Crippen LogP contribution in [0.15, 0.2) is 57.7 Å². The number of esters is 1. The molecule has 1 amide bonds. The second-order valence-electron chi connectivity index (χ2n) is 5.88. The highest BCUT2D eigenvalue weighted by Crippen LogP contribution is 2.19. The van der Waals surface area contributed by atoms with Crippen molar-refractivity contribution in [3.05, 3.63) is 69.5 Å². The van der Waals surface area contributed by atoms with Crippen LogP contribution in [-0.4, -0.2) is 25.1 Å². The first-order chi connectivity index (χ1) is 13.4. The zero-order valence-corrected chi connectivity index (χ0v) is 15.8. The maximum Gasteiger partial charge on any atom is 0.375 e. The summed E-state index contributed by atoms with van der Waals surface area (Å²) >= 11 is 5.86. The van der Waals surface area contributed by atoms with Crippen molar-refractivity contribution in [3.63, 3.8) is 0 Å². The fraction of sp³-hybridized carbons (Fsp3) is 0.150. The van der Waals surface area contributed by atoms with Crippen molar-refractivity contribution in [2.75, 3.05) is 12.4 Å². The molecular formula is C20H16ClNO6. The van der Waals surface area contributed by atoms with Gasteiger partial charge in [0.25, 0.3) is 5.91 Å². The Labute approximate surface area is 164 Å². The Hall–Kier alpha value is -3.32. The van der Waals surface area contributed by atoms with Crippen molar-refractivity contribution in [1.29, 1.82) is 0 Å². The largest absolute Gasteiger partial charge is 0.497 e. The number of nitrogens with one attached hydrogen (secondary N) is 1. The van der Waals surface area contributed by atoms with Gasteiger partial charge >= 0.3 is 5.97 Å². The molecule has 0 bridgehead atoms. The average Bonchev–Trinajstić information content (AvgIpc) is 2.68. The number of anilines is 1. The molecule has 8 heteroatoms. The molecule has 0 spiro atoms. The van der Waals surface area contributed by atoms with Crippen LogP contribution in [-0.2, 0) is 9.53 Å². The summed E-state index contributed by atoms with van der Waals surface area (Å²) in [5, 5.41) is 3.24. The van der Waals surface area contributed by atoms with Crippen LogP contribution in [0.2, 0.25) is 5.02 Å². The van der Waals surface area contributed by atoms with Gasteiger partial charge in [0.05, 0.1) is 12.5 Å². The predicted octanol–water partition coefficient (Wildman–Crippen LogP) is 3.64. The number of benzene rings is 2. The minimum Gasteiger partial charge on any atom is -0.497 e. The number of ether oxygens (including phenoxy) is 2. The summed E-state index contributed by atoms with van der Waals surface area (Å²) in [6.07, 6.45) is -1.11. The molecule has 1 N–H and O–H groups in total. The van der Waals surface area contributed by atoms with Crippen LogP contribution >= 0.6 is 11.6 Å². The molecule has 7 nitrogen and oxygen atoms in total. The third-order valence-electron chi connectivity index (χ3n) is 3.90. The summed E-state index contributed by atoms with van der Waals surface area (Å²) in [7, 11) is 1.54. The fourth-order valence-electron chi connectivity index (χ4n) is 2.42. The number of carbonyl (C=O) groups excluding carboxylic acids is 2. The van der Waals surface area contributed by atoms with E-state index in [2.05, 4.69) is 5.32 Å². The lowest BCUT2D eigenvalue weighted by molar-refractivity contribution is -0.123. The van der Waals surface area contributed by atoms with Gasteiger partial charge < -0.3 is 19.2 Å². The minimum atomic E-state index is -1.11. The molecule has 0 aliphatic rings. The van der Waals surface area contributed by atoms with Crippen molar-refractivity contribution in [3.8, 4) is 5.75 Å². The summed E-state index contributed by atoms with van der Waals surface area (Å²) < 4.78 is 15.6. The van der Waals surface area contributed by atoms with E-state index in [0.29, 0.717) is 16.5 Å². The zero-order chi connectivity index (χ0) is 20.3. The molecule has 0 radical (unpaired) electrons. The molecule has 1 heterocycles. The molecule has 1 aromatic heterocycles. The third-order valence-corrected chi connectivity index (χ3v) is 4.14. The van der Waals surface area contributed by atoms with Gasteiger partial charge in [0, 0.05) is 16.8 Å². The molecule has 3 rings (SSSR count). The molecule has 0 fully saturated rings. The van der Waals surface area contributed by atoms with E-state index in [0.717, 1.165) is 6.07 Å². The molecule has 0 aliphatic carbocycles. The van der Waals surface area contributed by atoms with Crippen LogP contribution in [0.3, 0.4) is 0 Å². The first-order valence-corrected chi connectivity index (χ1v) is 8.64. The molecule has 1 atom stereocenters. The number of carbonyl (C=O) groups is 2. The van der Waals surface area contributed by atoms with Gasteiger partial charge in [0.2, 0.25) is 5.76 Å². The lowest BCUT2D eigenvalue weighted by atomic mass is 10.2. The Morgan fingerprint density at radius 1 is 1.11 bits per heavy atom. The Balaban J connectivity index is 1.71. The van der Waals surface area contributed by atoms with Gasteiger partial charge in [-0.3, -0.25) is 9.59 Å². The minimum absolute atomic E-state index is 0.194. The second-order valence-corrected chi connectivity index (χ2v) is 6.32. The lowest BCUT2D eigenvalue weighted by Gasteiger charge is -2.13. The second kappa shape index (κ2) is 8.14. The molecule has 0 saturated heterocycles. The molecule has 144 valence electrons. The third kappa shape index (κ3) is 4.32. The Morgan fingerprint density at radius 2 is 1.82 bits per heavy atom. The van der Waals surface area contributed by atoms with Gasteiger partial charge in [-0.25, -0.2) is 4.79 Å². The fourth-order valence-corrected chi connectivity index (χ4v) is 2.59. The van der Waals surface area contributed by atoms with Gasteiger partial charge in [0.15, 0.2) is 11.5 Å². The normalized spacial score (nSPS) is 11.7. The highest BCUT2D eigenvalue weighted by Gasteiger charge is 2.21. The summed E-state index contributed by atoms with van der Waals surface area (Å²) in [6, 6.07) is 12.1. The van der Waals surface area contributed by atoms with E-state index in [4.69, 9.17) is 25.5 Å². The molecule has 0 aliphatic heterocycles. The first kappa shape index (κ1) is 19.4. The van der Waals surface area contributed by atoms with E-state index in [9.17, 15) is 14.4 Å². The van der Waals surface area contributed by atoms with Crippen LogP contribution in [0.1, 0.15) is 17.5 Å². The Bertz CT molecular complexity index is 1090. The van der Waals surface area contributed by atoms with Crippen molar-refractivity contribution >= 4 is 40.1 Å². The van der Waals surface area contributed by atoms with Crippen molar-refractivity contribution in [1.82, 2.24) is 0 Å². The van der Waals surface area contributed by atoms with Crippen LogP contribution in [0.5, 0.6) is 5.75 Å². The Morgan fingerprint density at radius 3 is 2.50 bits per heavy atom. The van der Waals surface area contributed by atoms with Gasteiger partial charge in [-0.2, -0.15) is 0 Å². The topological polar surface area (TPSA) is 94.8 Å². The highest BCUT2D eigenvalue weighted by molar-refractivity contribution is 6.31. The molecule has 3 aromatic rings. The van der Waals surface area contributed by atoms with Crippen LogP contribution in [0.25, 0.3) is 11.0 Å². The van der Waals surface area contributed by atoms with E-state index in [1.54, 1.807) is 24.3 Å².